The molecule has 1 N–H and O–H groups in total. The van der Waals surface area contributed by atoms with E-state index in [1.54, 1.807) is 45.0 Å². The van der Waals surface area contributed by atoms with Crippen molar-refractivity contribution in [2.45, 2.75) is 33.6 Å². The molecule has 0 aliphatic carbocycles. The van der Waals surface area contributed by atoms with Crippen LogP contribution in [0.4, 0.5) is 0 Å². The van der Waals surface area contributed by atoms with Crippen molar-refractivity contribution in [3.8, 4) is 0 Å². The molecule has 2 aliphatic rings. The summed E-state index contributed by atoms with van der Waals surface area (Å²) < 4.78 is 15.8. The van der Waals surface area contributed by atoms with Crippen LogP contribution in [0.2, 0.25) is 0 Å². The van der Waals surface area contributed by atoms with E-state index in [4.69, 9.17) is 14.2 Å². The summed E-state index contributed by atoms with van der Waals surface area (Å²) in [7, 11) is 0. The summed E-state index contributed by atoms with van der Waals surface area (Å²) in [5.41, 5.74) is 2.34. The van der Waals surface area contributed by atoms with E-state index in [0.717, 1.165) is 0 Å². The fourth-order valence-corrected chi connectivity index (χ4v) is 4.00. The SMILES string of the molecule is CCOC(=O)C1=C(C)N2CCNC2=C(C(=O)OCC)C1c1cccc(C(=O)OCC)c1. The zero-order valence-electron chi connectivity index (χ0n) is 18.3. The number of nitrogens with one attached hydrogen (secondary N) is 1. The highest BCUT2D eigenvalue weighted by Gasteiger charge is 2.43. The van der Waals surface area contributed by atoms with Gasteiger partial charge < -0.3 is 24.4 Å². The number of carbonyl (C=O) groups excluding carboxylic acids is 3. The van der Waals surface area contributed by atoms with Crippen molar-refractivity contribution in [1.29, 1.82) is 0 Å². The number of benzene rings is 1. The molecule has 0 aromatic heterocycles. The van der Waals surface area contributed by atoms with E-state index in [9.17, 15) is 14.4 Å². The van der Waals surface area contributed by atoms with Crippen molar-refractivity contribution in [2.24, 2.45) is 0 Å². The number of rotatable bonds is 7. The molecule has 31 heavy (non-hydrogen) atoms. The molecule has 0 amide bonds. The van der Waals surface area contributed by atoms with E-state index in [-0.39, 0.29) is 19.8 Å². The molecule has 2 aliphatic heterocycles. The first kappa shape index (κ1) is 22.4. The Morgan fingerprint density at radius 1 is 0.968 bits per heavy atom. The van der Waals surface area contributed by atoms with Crippen LogP contribution in [-0.4, -0.2) is 55.7 Å². The van der Waals surface area contributed by atoms with Gasteiger partial charge in [0.25, 0.3) is 0 Å². The number of allylic oxidation sites excluding steroid dienone is 1. The maximum Gasteiger partial charge on any atom is 0.338 e. The van der Waals surface area contributed by atoms with Gasteiger partial charge in [-0.25, -0.2) is 14.4 Å². The van der Waals surface area contributed by atoms with Gasteiger partial charge in [-0.3, -0.25) is 0 Å². The molecule has 8 heteroatoms. The first-order valence-corrected chi connectivity index (χ1v) is 10.5. The van der Waals surface area contributed by atoms with Crippen molar-refractivity contribution < 1.29 is 28.6 Å². The van der Waals surface area contributed by atoms with Crippen molar-refractivity contribution in [2.75, 3.05) is 32.9 Å². The van der Waals surface area contributed by atoms with Crippen LogP contribution in [0.25, 0.3) is 0 Å². The predicted octanol–water partition coefficient (Wildman–Crippen LogP) is 2.48. The largest absolute Gasteiger partial charge is 0.463 e. The first-order valence-electron chi connectivity index (χ1n) is 10.5. The first-order chi connectivity index (χ1) is 14.9. The Bertz CT molecular complexity index is 949. The minimum Gasteiger partial charge on any atom is -0.463 e. The zero-order chi connectivity index (χ0) is 22.5. The van der Waals surface area contributed by atoms with Crippen molar-refractivity contribution in [1.82, 2.24) is 10.2 Å². The van der Waals surface area contributed by atoms with E-state index in [1.807, 2.05) is 11.8 Å². The molecule has 166 valence electrons. The molecule has 1 saturated heterocycles. The Labute approximate surface area is 181 Å². The van der Waals surface area contributed by atoms with Crippen LogP contribution >= 0.6 is 0 Å². The molecular weight excluding hydrogens is 400 g/mol. The van der Waals surface area contributed by atoms with Gasteiger partial charge in [0.1, 0.15) is 5.82 Å². The molecule has 0 saturated carbocycles. The number of carbonyl (C=O) groups is 3. The topological polar surface area (TPSA) is 94.2 Å². The van der Waals surface area contributed by atoms with Crippen LogP contribution in [0.3, 0.4) is 0 Å². The minimum atomic E-state index is -0.746. The van der Waals surface area contributed by atoms with Gasteiger partial charge in [-0.1, -0.05) is 12.1 Å². The third kappa shape index (κ3) is 4.28. The summed E-state index contributed by atoms with van der Waals surface area (Å²) in [5.74, 6) is -1.61. The second-order valence-electron chi connectivity index (χ2n) is 7.06. The van der Waals surface area contributed by atoms with Gasteiger partial charge in [0.2, 0.25) is 0 Å². The minimum absolute atomic E-state index is 0.197. The molecule has 8 nitrogen and oxygen atoms in total. The zero-order valence-corrected chi connectivity index (χ0v) is 18.3. The Kier molecular flexibility index (Phi) is 6.99. The van der Waals surface area contributed by atoms with E-state index in [2.05, 4.69) is 5.32 Å². The monoisotopic (exact) mass is 428 g/mol. The number of esters is 3. The van der Waals surface area contributed by atoms with Crippen LogP contribution in [0, 0.1) is 0 Å². The van der Waals surface area contributed by atoms with Crippen molar-refractivity contribution >= 4 is 17.9 Å². The highest BCUT2D eigenvalue weighted by molar-refractivity contribution is 6.00. The number of fused-ring (bicyclic) bond motifs is 1. The van der Waals surface area contributed by atoms with Crippen LogP contribution in [0.5, 0.6) is 0 Å². The normalized spacial score (nSPS) is 17.8. The van der Waals surface area contributed by atoms with Crippen LogP contribution in [0.1, 0.15) is 49.5 Å². The molecule has 1 aromatic rings. The van der Waals surface area contributed by atoms with Crippen molar-refractivity contribution in [3.63, 3.8) is 0 Å². The molecule has 1 atom stereocenters. The van der Waals surface area contributed by atoms with Gasteiger partial charge in [0, 0.05) is 18.8 Å². The average Bonchev–Trinajstić information content (AvgIpc) is 3.24. The number of ether oxygens (including phenoxy) is 3. The molecule has 1 unspecified atom stereocenters. The summed E-state index contributed by atoms with van der Waals surface area (Å²) in [6.07, 6.45) is 0. The lowest BCUT2D eigenvalue weighted by Gasteiger charge is -2.34. The lowest BCUT2D eigenvalue weighted by Crippen LogP contribution is -2.35. The van der Waals surface area contributed by atoms with E-state index in [0.29, 0.717) is 46.9 Å². The van der Waals surface area contributed by atoms with Gasteiger partial charge in [0.05, 0.1) is 42.4 Å². The molecule has 0 bridgehead atoms. The molecule has 1 aromatic carbocycles. The third-order valence-electron chi connectivity index (χ3n) is 5.25. The van der Waals surface area contributed by atoms with Gasteiger partial charge in [-0.05, 0) is 45.4 Å². The molecule has 0 radical (unpaired) electrons. The second-order valence-corrected chi connectivity index (χ2v) is 7.06. The van der Waals surface area contributed by atoms with E-state index in [1.165, 1.54) is 0 Å². The highest BCUT2D eigenvalue weighted by atomic mass is 16.5. The quantitative estimate of drug-likeness (QED) is 0.523. The maximum absolute atomic E-state index is 13.1. The summed E-state index contributed by atoms with van der Waals surface area (Å²) in [5, 5.41) is 3.25. The van der Waals surface area contributed by atoms with Gasteiger partial charge in [0.15, 0.2) is 0 Å². The lowest BCUT2D eigenvalue weighted by molar-refractivity contribution is -0.139. The second kappa shape index (κ2) is 9.68. The van der Waals surface area contributed by atoms with Gasteiger partial charge >= 0.3 is 17.9 Å². The third-order valence-corrected chi connectivity index (χ3v) is 5.25. The fourth-order valence-electron chi connectivity index (χ4n) is 4.00. The smallest absolute Gasteiger partial charge is 0.338 e. The van der Waals surface area contributed by atoms with Gasteiger partial charge in [-0.15, -0.1) is 0 Å². The van der Waals surface area contributed by atoms with Gasteiger partial charge in [-0.2, -0.15) is 0 Å². The maximum atomic E-state index is 13.1. The molecule has 1 fully saturated rings. The summed E-state index contributed by atoms with van der Waals surface area (Å²) in [4.78, 5) is 40.3. The lowest BCUT2D eigenvalue weighted by atomic mass is 9.80. The van der Waals surface area contributed by atoms with Crippen LogP contribution < -0.4 is 5.32 Å². The molecule has 2 heterocycles. The van der Waals surface area contributed by atoms with Crippen LogP contribution in [-0.2, 0) is 23.8 Å². The van der Waals surface area contributed by atoms with Crippen LogP contribution in [0.15, 0.2) is 46.9 Å². The Morgan fingerprint density at radius 2 is 1.58 bits per heavy atom. The standard InChI is InChI=1S/C23H28N2O6/c1-5-29-21(26)16-10-8-9-15(13-16)18-17(22(27)30-6-2)14(4)25-12-11-24-20(25)19(18)23(28)31-7-3/h8-10,13,18,24H,5-7,11-12H2,1-4H3. The summed E-state index contributed by atoms with van der Waals surface area (Å²) in [6.45, 7) is 8.92. The predicted molar refractivity (Wildman–Crippen MR) is 113 cm³/mol. The average molecular weight is 428 g/mol. The Morgan fingerprint density at radius 3 is 2.23 bits per heavy atom. The van der Waals surface area contributed by atoms with E-state index < -0.39 is 23.8 Å². The molecule has 3 rings (SSSR count). The summed E-state index contributed by atoms with van der Waals surface area (Å²) in [6, 6.07) is 6.79. The van der Waals surface area contributed by atoms with Crippen molar-refractivity contribution in [3.05, 3.63) is 58.1 Å². The fraction of sp³-hybridized carbons (Fsp3) is 0.435. The molecular formula is C23H28N2O6. The number of nitrogens with zero attached hydrogens (tertiary/aromatic N) is 1. The summed E-state index contributed by atoms with van der Waals surface area (Å²) >= 11 is 0. The number of hydrogen-bond donors (Lipinski definition) is 1. The Hall–Kier alpha value is -3.29. The highest BCUT2D eigenvalue weighted by Crippen LogP contribution is 2.43. The number of hydrogen-bond acceptors (Lipinski definition) is 8. The molecule has 0 spiro atoms. The Balaban J connectivity index is 2.21. The van der Waals surface area contributed by atoms with E-state index >= 15 is 0 Å².